The number of nitrogens with one attached hydrogen (secondary N) is 1. The minimum Gasteiger partial charge on any atom is -0.369 e. The van der Waals surface area contributed by atoms with Crippen LogP contribution in [0.5, 0.6) is 0 Å². The van der Waals surface area contributed by atoms with Gasteiger partial charge in [-0.25, -0.2) is 4.98 Å². The van der Waals surface area contributed by atoms with Gasteiger partial charge in [-0.05, 0) is 5.92 Å². The molecule has 96 valence electrons. The van der Waals surface area contributed by atoms with Gasteiger partial charge in [0.25, 0.3) is 0 Å². The van der Waals surface area contributed by atoms with E-state index in [0.717, 1.165) is 6.42 Å². The van der Waals surface area contributed by atoms with Crippen LogP contribution >= 0.6 is 0 Å². The Labute approximate surface area is 97.4 Å². The summed E-state index contributed by atoms with van der Waals surface area (Å²) >= 11 is 0. The summed E-state index contributed by atoms with van der Waals surface area (Å²) in [5, 5.41) is 2.66. The Morgan fingerprint density at radius 2 is 2.12 bits per heavy atom. The van der Waals surface area contributed by atoms with Gasteiger partial charge in [0.2, 0.25) is 5.95 Å². The van der Waals surface area contributed by atoms with E-state index in [1.54, 1.807) is 0 Å². The molecule has 0 radical (unpaired) electrons. The van der Waals surface area contributed by atoms with Gasteiger partial charge in [-0.2, -0.15) is 18.2 Å². The van der Waals surface area contributed by atoms with Crippen LogP contribution < -0.4 is 11.1 Å². The Bertz CT molecular complexity index is 378. The number of alkyl halides is 3. The van der Waals surface area contributed by atoms with Gasteiger partial charge in [0.1, 0.15) is 11.4 Å². The van der Waals surface area contributed by atoms with E-state index in [0.29, 0.717) is 12.7 Å². The van der Waals surface area contributed by atoms with E-state index in [1.807, 2.05) is 13.8 Å². The predicted octanol–water partition coefficient (Wildman–Crippen LogP) is 2.54. The van der Waals surface area contributed by atoms with Gasteiger partial charge in [-0.3, -0.25) is 0 Å². The van der Waals surface area contributed by atoms with Crippen LogP contribution in [0.1, 0.15) is 25.8 Å². The third-order valence-corrected chi connectivity index (χ3v) is 2.43. The van der Waals surface area contributed by atoms with Gasteiger partial charge in [-0.15, -0.1) is 0 Å². The lowest BCUT2D eigenvalue weighted by Gasteiger charge is -2.15. The molecule has 1 aromatic rings. The van der Waals surface area contributed by atoms with Gasteiger partial charge in [0.15, 0.2) is 0 Å². The Morgan fingerprint density at radius 1 is 1.47 bits per heavy atom. The van der Waals surface area contributed by atoms with Crippen LogP contribution in [0.2, 0.25) is 0 Å². The van der Waals surface area contributed by atoms with Gasteiger partial charge in [0.05, 0.1) is 0 Å². The number of rotatable bonds is 4. The summed E-state index contributed by atoms with van der Waals surface area (Å²) in [5.41, 5.74) is 4.39. The molecule has 7 heteroatoms. The molecule has 0 aromatic carbocycles. The first-order chi connectivity index (χ1) is 7.84. The molecule has 3 N–H and O–H groups in total. The second kappa shape index (κ2) is 5.20. The first-order valence-corrected chi connectivity index (χ1v) is 5.28. The van der Waals surface area contributed by atoms with Crippen LogP contribution in [0.25, 0.3) is 0 Å². The number of hydrogen-bond acceptors (Lipinski definition) is 4. The lowest BCUT2D eigenvalue weighted by Crippen LogP contribution is -2.17. The molecule has 1 aromatic heterocycles. The van der Waals surface area contributed by atoms with Gasteiger partial charge >= 0.3 is 6.18 Å². The Kier molecular flexibility index (Phi) is 4.14. The average Bonchev–Trinajstić information content (AvgIpc) is 2.24. The molecule has 0 amide bonds. The number of nitrogens with two attached hydrogens (primary N) is 1. The molecule has 4 nitrogen and oxygen atoms in total. The van der Waals surface area contributed by atoms with E-state index in [1.165, 1.54) is 0 Å². The Hall–Kier alpha value is -1.53. The van der Waals surface area contributed by atoms with Gasteiger partial charge < -0.3 is 11.1 Å². The van der Waals surface area contributed by atoms with E-state index in [4.69, 9.17) is 5.73 Å². The van der Waals surface area contributed by atoms with Gasteiger partial charge in [0, 0.05) is 12.7 Å². The minimum absolute atomic E-state index is 0.176. The molecule has 0 bridgehead atoms. The highest BCUT2D eigenvalue weighted by Gasteiger charge is 2.35. The van der Waals surface area contributed by atoms with Crippen molar-refractivity contribution in [2.75, 3.05) is 17.6 Å². The molecule has 0 aliphatic heterocycles. The van der Waals surface area contributed by atoms with Crippen LogP contribution in [0, 0.1) is 5.92 Å². The smallest absolute Gasteiger partial charge is 0.369 e. The maximum atomic E-state index is 12.6. The number of aromatic nitrogens is 2. The number of halogens is 3. The average molecular weight is 248 g/mol. The second-order valence-electron chi connectivity index (χ2n) is 3.88. The van der Waals surface area contributed by atoms with Crippen molar-refractivity contribution < 1.29 is 13.2 Å². The molecule has 1 heterocycles. The molecule has 0 aliphatic rings. The molecule has 1 unspecified atom stereocenters. The highest BCUT2D eigenvalue weighted by molar-refractivity contribution is 5.47. The van der Waals surface area contributed by atoms with Crippen LogP contribution in [-0.2, 0) is 6.18 Å². The lowest BCUT2D eigenvalue weighted by molar-refractivity contribution is -0.137. The van der Waals surface area contributed by atoms with E-state index < -0.39 is 11.7 Å². The maximum absolute atomic E-state index is 12.6. The number of nitrogen functional groups attached to an aromatic ring is 1. The fourth-order valence-corrected chi connectivity index (χ4v) is 1.15. The summed E-state index contributed by atoms with van der Waals surface area (Å²) < 4.78 is 37.9. The van der Waals surface area contributed by atoms with Crippen LogP contribution in [0.15, 0.2) is 6.20 Å². The third kappa shape index (κ3) is 3.76. The van der Waals surface area contributed by atoms with E-state index in [2.05, 4.69) is 15.3 Å². The van der Waals surface area contributed by atoms with Crippen LogP contribution in [-0.4, -0.2) is 16.5 Å². The van der Waals surface area contributed by atoms with E-state index in [-0.39, 0.29) is 17.7 Å². The van der Waals surface area contributed by atoms with Crippen molar-refractivity contribution in [2.24, 2.45) is 5.92 Å². The van der Waals surface area contributed by atoms with Crippen LogP contribution in [0.4, 0.5) is 24.9 Å². The van der Waals surface area contributed by atoms with Crippen molar-refractivity contribution in [2.45, 2.75) is 26.4 Å². The van der Waals surface area contributed by atoms with E-state index in [9.17, 15) is 13.2 Å². The zero-order valence-corrected chi connectivity index (χ0v) is 9.67. The van der Waals surface area contributed by atoms with Crippen molar-refractivity contribution in [1.29, 1.82) is 0 Å². The third-order valence-electron chi connectivity index (χ3n) is 2.43. The minimum atomic E-state index is -4.48. The molecule has 17 heavy (non-hydrogen) atoms. The predicted molar refractivity (Wildman–Crippen MR) is 59.4 cm³/mol. The molecule has 0 aliphatic carbocycles. The molecule has 1 atom stereocenters. The molecular formula is C10H15F3N4. The molecule has 0 fully saturated rings. The summed E-state index contributed by atoms with van der Waals surface area (Å²) in [7, 11) is 0. The lowest BCUT2D eigenvalue weighted by atomic mass is 10.1. The number of hydrogen-bond donors (Lipinski definition) is 2. The topological polar surface area (TPSA) is 63.8 Å². The molecule has 0 saturated carbocycles. The first kappa shape index (κ1) is 13.5. The van der Waals surface area contributed by atoms with Crippen molar-refractivity contribution in [3.8, 4) is 0 Å². The van der Waals surface area contributed by atoms with Crippen molar-refractivity contribution in [3.05, 3.63) is 11.8 Å². The highest BCUT2D eigenvalue weighted by Crippen LogP contribution is 2.33. The summed E-state index contributed by atoms with van der Waals surface area (Å²) in [4.78, 5) is 6.94. The van der Waals surface area contributed by atoms with Gasteiger partial charge in [-0.1, -0.05) is 20.3 Å². The monoisotopic (exact) mass is 248 g/mol. The molecule has 1 rings (SSSR count). The summed E-state index contributed by atoms with van der Waals surface area (Å²) in [6.07, 6.45) is -2.91. The second-order valence-corrected chi connectivity index (χ2v) is 3.88. The largest absolute Gasteiger partial charge is 0.421 e. The first-order valence-electron chi connectivity index (χ1n) is 5.28. The summed E-state index contributed by atoms with van der Waals surface area (Å²) in [6.45, 7) is 4.31. The highest BCUT2D eigenvalue weighted by atomic mass is 19.4. The van der Waals surface area contributed by atoms with Crippen molar-refractivity contribution in [1.82, 2.24) is 9.97 Å². The fourth-order valence-electron chi connectivity index (χ4n) is 1.15. The van der Waals surface area contributed by atoms with Crippen molar-refractivity contribution in [3.63, 3.8) is 0 Å². The maximum Gasteiger partial charge on any atom is 0.421 e. The molecular weight excluding hydrogens is 233 g/mol. The normalized spacial score (nSPS) is 13.5. The Morgan fingerprint density at radius 3 is 2.65 bits per heavy atom. The zero-order valence-electron chi connectivity index (χ0n) is 9.67. The summed E-state index contributed by atoms with van der Waals surface area (Å²) in [5.74, 6) is -0.178. The molecule has 0 saturated heterocycles. The number of nitrogens with zero attached hydrogens (tertiary/aromatic N) is 2. The summed E-state index contributed by atoms with van der Waals surface area (Å²) in [6, 6.07) is 0. The van der Waals surface area contributed by atoms with E-state index >= 15 is 0 Å². The van der Waals surface area contributed by atoms with Crippen molar-refractivity contribution >= 4 is 11.8 Å². The zero-order chi connectivity index (χ0) is 13.1. The quantitative estimate of drug-likeness (QED) is 0.859. The number of anilines is 2. The fraction of sp³-hybridized carbons (Fsp3) is 0.600. The molecule has 0 spiro atoms. The SMILES string of the molecule is CCC(C)CNc1nc(N)ncc1C(F)(F)F. The standard InChI is InChI=1S/C10H15F3N4/c1-3-6(2)4-15-8-7(10(11,12)13)5-16-9(14)17-8/h5-6H,3-4H2,1-2H3,(H3,14,15,16,17). The Balaban J connectivity index is 2.92. The van der Waals surface area contributed by atoms with Crippen LogP contribution in [0.3, 0.4) is 0 Å².